The van der Waals surface area contributed by atoms with E-state index >= 15 is 0 Å². The van der Waals surface area contributed by atoms with Crippen LogP contribution in [0.4, 0.5) is 0 Å². The first-order valence-electron chi connectivity index (χ1n) is 5.48. The van der Waals surface area contributed by atoms with E-state index in [0.29, 0.717) is 0 Å². The largest absolute Gasteiger partial charge is 0.307 e. The summed E-state index contributed by atoms with van der Waals surface area (Å²) in [6.07, 6.45) is 4.96. The van der Waals surface area contributed by atoms with Crippen molar-refractivity contribution in [3.8, 4) is 0 Å². The number of pyridine rings is 1. The molecule has 84 valence electrons. The van der Waals surface area contributed by atoms with Crippen LogP contribution < -0.4 is 0 Å². The monoisotopic (exact) mass is 286 g/mol. The highest BCUT2D eigenvalue weighted by atomic mass is 79.9. The number of hydrogen-bond donors (Lipinski definition) is 0. The average Bonchev–Trinajstić information content (AvgIpc) is 2.71. The van der Waals surface area contributed by atoms with Crippen molar-refractivity contribution in [3.05, 3.63) is 70.6 Å². The van der Waals surface area contributed by atoms with Crippen LogP contribution in [0.25, 0.3) is 5.65 Å². The fourth-order valence-electron chi connectivity index (χ4n) is 1.93. The fourth-order valence-corrected chi connectivity index (χ4v) is 2.38. The van der Waals surface area contributed by atoms with E-state index < -0.39 is 0 Å². The predicted octanol–water partition coefficient (Wildman–Crippen LogP) is 3.69. The molecule has 1 aromatic carbocycles. The molecule has 0 N–H and O–H groups in total. The normalized spacial score (nSPS) is 10.9. The van der Waals surface area contributed by atoms with Crippen molar-refractivity contribution >= 4 is 21.6 Å². The molecule has 0 bridgehead atoms. The number of rotatable bonds is 2. The van der Waals surface area contributed by atoms with Crippen LogP contribution in [0.5, 0.6) is 0 Å². The highest BCUT2D eigenvalue weighted by Crippen LogP contribution is 2.15. The van der Waals surface area contributed by atoms with E-state index in [1.807, 2.05) is 34.9 Å². The molecule has 0 saturated carbocycles. The lowest BCUT2D eigenvalue weighted by Gasteiger charge is -1.98. The van der Waals surface area contributed by atoms with Crippen LogP contribution in [0.2, 0.25) is 0 Å². The van der Waals surface area contributed by atoms with Crippen LogP contribution >= 0.6 is 15.9 Å². The quantitative estimate of drug-likeness (QED) is 0.702. The van der Waals surface area contributed by atoms with Crippen molar-refractivity contribution in [2.45, 2.75) is 6.42 Å². The third-order valence-electron chi connectivity index (χ3n) is 2.69. The van der Waals surface area contributed by atoms with Gasteiger partial charge in [0.15, 0.2) is 0 Å². The van der Waals surface area contributed by atoms with E-state index in [1.165, 1.54) is 5.56 Å². The zero-order valence-corrected chi connectivity index (χ0v) is 10.8. The summed E-state index contributed by atoms with van der Waals surface area (Å²) in [5.74, 6) is 0. The number of hydrogen-bond acceptors (Lipinski definition) is 1. The summed E-state index contributed by atoms with van der Waals surface area (Å²) in [6.45, 7) is 0. The highest BCUT2D eigenvalue weighted by molar-refractivity contribution is 9.10. The second-order valence-corrected chi connectivity index (χ2v) is 4.92. The Labute approximate surface area is 108 Å². The van der Waals surface area contributed by atoms with Gasteiger partial charge in [-0.1, -0.05) is 34.1 Å². The molecule has 3 aromatic rings. The van der Waals surface area contributed by atoms with Gasteiger partial charge in [-0.25, -0.2) is 4.98 Å². The maximum atomic E-state index is 4.59. The molecule has 0 spiro atoms. The minimum Gasteiger partial charge on any atom is -0.307 e. The molecule has 2 nitrogen and oxygen atoms in total. The summed E-state index contributed by atoms with van der Waals surface area (Å²) in [6, 6.07) is 14.4. The van der Waals surface area contributed by atoms with Crippen LogP contribution in [0.3, 0.4) is 0 Å². The van der Waals surface area contributed by atoms with Crippen molar-refractivity contribution in [1.82, 2.24) is 9.38 Å². The Hall–Kier alpha value is -1.61. The molecule has 0 fully saturated rings. The zero-order chi connectivity index (χ0) is 11.7. The van der Waals surface area contributed by atoms with Gasteiger partial charge in [-0.15, -0.1) is 0 Å². The molecule has 2 aromatic heterocycles. The smallest absolute Gasteiger partial charge is 0.136 e. The molecular weight excluding hydrogens is 276 g/mol. The van der Waals surface area contributed by atoms with Gasteiger partial charge in [-0.05, 0) is 29.8 Å². The summed E-state index contributed by atoms with van der Waals surface area (Å²) in [7, 11) is 0. The number of aromatic nitrogens is 2. The summed E-state index contributed by atoms with van der Waals surface area (Å²) in [5, 5.41) is 0. The van der Waals surface area contributed by atoms with Crippen molar-refractivity contribution < 1.29 is 0 Å². The minimum atomic E-state index is 0.862. The maximum absolute atomic E-state index is 4.59. The van der Waals surface area contributed by atoms with Gasteiger partial charge in [0.2, 0.25) is 0 Å². The molecule has 0 aliphatic carbocycles. The third-order valence-corrected chi connectivity index (χ3v) is 3.18. The summed E-state index contributed by atoms with van der Waals surface area (Å²) in [5.41, 5.74) is 3.36. The zero-order valence-electron chi connectivity index (χ0n) is 9.18. The lowest BCUT2D eigenvalue weighted by molar-refractivity contribution is 1.11. The second kappa shape index (κ2) is 4.34. The Kier molecular flexibility index (Phi) is 2.69. The maximum Gasteiger partial charge on any atom is 0.136 e. The topological polar surface area (TPSA) is 17.3 Å². The average molecular weight is 287 g/mol. The molecule has 0 amide bonds. The van der Waals surface area contributed by atoms with Gasteiger partial charge in [0.1, 0.15) is 5.65 Å². The molecule has 0 saturated heterocycles. The Balaban J connectivity index is 1.94. The van der Waals surface area contributed by atoms with E-state index in [1.54, 1.807) is 0 Å². The number of halogens is 1. The number of imidazole rings is 1. The van der Waals surface area contributed by atoms with E-state index in [0.717, 1.165) is 22.2 Å². The molecule has 3 heteroatoms. The van der Waals surface area contributed by atoms with E-state index in [-0.39, 0.29) is 0 Å². The lowest BCUT2D eigenvalue weighted by Crippen LogP contribution is -1.87. The molecule has 3 rings (SSSR count). The molecule has 0 unspecified atom stereocenters. The first-order chi connectivity index (χ1) is 8.31. The van der Waals surface area contributed by atoms with Gasteiger partial charge < -0.3 is 4.40 Å². The summed E-state index contributed by atoms with van der Waals surface area (Å²) in [4.78, 5) is 4.59. The SMILES string of the molecule is Brc1cccc(Cc2cn3ccccc3n2)c1. The highest BCUT2D eigenvalue weighted by Gasteiger charge is 2.02. The first kappa shape index (κ1) is 10.5. The van der Waals surface area contributed by atoms with Gasteiger partial charge >= 0.3 is 0 Å². The second-order valence-electron chi connectivity index (χ2n) is 4.01. The van der Waals surface area contributed by atoms with Crippen LogP contribution in [0, 0.1) is 0 Å². The number of benzene rings is 1. The molecule has 17 heavy (non-hydrogen) atoms. The van der Waals surface area contributed by atoms with Gasteiger partial charge in [-0.3, -0.25) is 0 Å². The number of nitrogens with zero attached hydrogens (tertiary/aromatic N) is 2. The first-order valence-corrected chi connectivity index (χ1v) is 6.28. The molecule has 2 heterocycles. The van der Waals surface area contributed by atoms with Crippen LogP contribution in [-0.4, -0.2) is 9.38 Å². The van der Waals surface area contributed by atoms with E-state index in [2.05, 4.69) is 45.3 Å². The van der Waals surface area contributed by atoms with Gasteiger partial charge in [-0.2, -0.15) is 0 Å². The van der Waals surface area contributed by atoms with Crippen molar-refractivity contribution in [2.75, 3.05) is 0 Å². The molecule has 0 aliphatic heterocycles. The lowest BCUT2D eigenvalue weighted by atomic mass is 10.1. The third kappa shape index (κ3) is 2.24. The van der Waals surface area contributed by atoms with Crippen molar-refractivity contribution in [2.24, 2.45) is 0 Å². The van der Waals surface area contributed by atoms with E-state index in [4.69, 9.17) is 0 Å². The molecule has 0 atom stereocenters. The van der Waals surface area contributed by atoms with E-state index in [9.17, 15) is 0 Å². The van der Waals surface area contributed by atoms with Gasteiger partial charge in [0.05, 0.1) is 5.69 Å². The minimum absolute atomic E-state index is 0.862. The Morgan fingerprint density at radius 1 is 1.12 bits per heavy atom. The molecule has 0 aliphatic rings. The standard InChI is InChI=1S/C14H11BrN2/c15-12-5-3-4-11(8-12)9-13-10-17-7-2-1-6-14(17)16-13/h1-8,10H,9H2. The van der Waals surface area contributed by atoms with Gasteiger partial charge in [0, 0.05) is 23.3 Å². The molecular formula is C14H11BrN2. The summed E-state index contributed by atoms with van der Waals surface area (Å²) < 4.78 is 3.16. The van der Waals surface area contributed by atoms with Crippen LogP contribution in [0.15, 0.2) is 59.3 Å². The predicted molar refractivity (Wildman–Crippen MR) is 72.1 cm³/mol. The van der Waals surface area contributed by atoms with Gasteiger partial charge in [0.25, 0.3) is 0 Å². The summed E-state index contributed by atoms with van der Waals surface area (Å²) >= 11 is 3.48. The Morgan fingerprint density at radius 3 is 2.88 bits per heavy atom. The molecule has 0 radical (unpaired) electrons. The van der Waals surface area contributed by atoms with Crippen molar-refractivity contribution in [1.29, 1.82) is 0 Å². The Morgan fingerprint density at radius 2 is 2.06 bits per heavy atom. The van der Waals surface area contributed by atoms with Crippen LogP contribution in [0.1, 0.15) is 11.3 Å². The van der Waals surface area contributed by atoms with Crippen LogP contribution in [-0.2, 0) is 6.42 Å². The number of fused-ring (bicyclic) bond motifs is 1. The van der Waals surface area contributed by atoms with Crippen molar-refractivity contribution in [3.63, 3.8) is 0 Å². The Bertz CT molecular complexity index is 625. The fraction of sp³-hybridized carbons (Fsp3) is 0.0714.